The summed E-state index contributed by atoms with van der Waals surface area (Å²) in [7, 11) is 0. The lowest BCUT2D eigenvalue weighted by Crippen LogP contribution is -2.53. The molecular weight excluding hydrogens is 228 g/mol. The molecule has 0 heteroatoms. The van der Waals surface area contributed by atoms with Crippen LogP contribution in [0.5, 0.6) is 0 Å². The minimum atomic E-state index is 0.734. The van der Waals surface area contributed by atoms with E-state index in [-0.39, 0.29) is 0 Å². The van der Waals surface area contributed by atoms with E-state index in [0.717, 1.165) is 34.5 Å². The van der Waals surface area contributed by atoms with E-state index in [2.05, 4.69) is 13.8 Å². The van der Waals surface area contributed by atoms with Gasteiger partial charge in [0, 0.05) is 0 Å². The zero-order valence-corrected chi connectivity index (χ0v) is 13.1. The molecule has 0 aromatic carbocycles. The Morgan fingerprint density at radius 1 is 0.632 bits per heavy atom. The maximum absolute atomic E-state index is 2.72. The van der Waals surface area contributed by atoms with Gasteiger partial charge in [-0.3, -0.25) is 0 Å². The van der Waals surface area contributed by atoms with Crippen LogP contribution in [-0.2, 0) is 0 Å². The average Bonchev–Trinajstić information content (AvgIpc) is 2.81. The largest absolute Gasteiger partial charge is 0.0594 e. The molecule has 0 bridgehead atoms. The van der Waals surface area contributed by atoms with E-state index in [1.807, 2.05) is 0 Å². The fourth-order valence-corrected chi connectivity index (χ4v) is 7.26. The van der Waals surface area contributed by atoms with Crippen molar-refractivity contribution in [1.82, 2.24) is 0 Å². The van der Waals surface area contributed by atoms with Crippen LogP contribution in [0.4, 0.5) is 0 Å². The quantitative estimate of drug-likeness (QED) is 0.515. The van der Waals surface area contributed by atoms with Crippen molar-refractivity contribution in [3.8, 4) is 0 Å². The van der Waals surface area contributed by atoms with Gasteiger partial charge in [-0.15, -0.1) is 0 Å². The number of fused-ring (bicyclic) bond motifs is 5. The summed E-state index contributed by atoms with van der Waals surface area (Å²) in [5.74, 6) is 4.40. The molecule has 0 saturated heterocycles. The molecule has 4 fully saturated rings. The van der Waals surface area contributed by atoms with Crippen molar-refractivity contribution in [2.75, 3.05) is 0 Å². The molecule has 4 unspecified atom stereocenters. The van der Waals surface area contributed by atoms with E-state index in [1.165, 1.54) is 19.3 Å². The lowest BCUT2D eigenvalue weighted by atomic mass is 9.44. The van der Waals surface area contributed by atoms with Crippen molar-refractivity contribution in [2.45, 2.75) is 84.5 Å². The van der Waals surface area contributed by atoms with E-state index in [9.17, 15) is 0 Å². The van der Waals surface area contributed by atoms with Crippen molar-refractivity contribution in [2.24, 2.45) is 34.5 Å². The Bertz CT molecular complexity index is 359. The molecule has 0 N–H and O–H groups in total. The van der Waals surface area contributed by atoms with Crippen LogP contribution in [0.25, 0.3) is 0 Å². The highest BCUT2D eigenvalue weighted by atomic mass is 14.6. The Balaban J connectivity index is 1.66. The van der Waals surface area contributed by atoms with Crippen LogP contribution < -0.4 is 0 Å². The molecule has 0 nitrogen and oxygen atoms in total. The SMILES string of the molecule is C[C@@]12CCCC1C1CCC3CCCCC3[C@@]1(C)CC2. The highest BCUT2D eigenvalue weighted by molar-refractivity contribution is 5.07. The fourth-order valence-electron chi connectivity index (χ4n) is 7.26. The van der Waals surface area contributed by atoms with Crippen LogP contribution in [0.2, 0.25) is 0 Å². The Morgan fingerprint density at radius 2 is 1.42 bits per heavy atom. The van der Waals surface area contributed by atoms with Gasteiger partial charge in [0.1, 0.15) is 0 Å². The summed E-state index contributed by atoms with van der Waals surface area (Å²) in [6, 6.07) is 0. The summed E-state index contributed by atoms with van der Waals surface area (Å²) in [4.78, 5) is 0. The summed E-state index contributed by atoms with van der Waals surface area (Å²) in [6.45, 7) is 5.36. The van der Waals surface area contributed by atoms with Crippen molar-refractivity contribution in [3.05, 3.63) is 0 Å². The molecule has 0 aromatic rings. The molecule has 4 saturated carbocycles. The van der Waals surface area contributed by atoms with Crippen LogP contribution in [0.3, 0.4) is 0 Å². The molecule has 0 radical (unpaired) electrons. The molecule has 0 spiro atoms. The predicted octanol–water partition coefficient (Wildman–Crippen LogP) is 5.81. The van der Waals surface area contributed by atoms with Crippen molar-refractivity contribution in [1.29, 1.82) is 0 Å². The average molecular weight is 260 g/mol. The van der Waals surface area contributed by atoms with Gasteiger partial charge in [-0.25, -0.2) is 0 Å². The minimum Gasteiger partial charge on any atom is -0.0594 e. The molecule has 0 amide bonds. The third-order valence-corrected chi connectivity index (χ3v) is 8.33. The third-order valence-electron chi connectivity index (χ3n) is 8.33. The van der Waals surface area contributed by atoms with Crippen molar-refractivity contribution >= 4 is 0 Å². The van der Waals surface area contributed by atoms with Gasteiger partial charge in [0.15, 0.2) is 0 Å². The predicted molar refractivity (Wildman–Crippen MR) is 81.0 cm³/mol. The Labute approximate surface area is 119 Å². The minimum absolute atomic E-state index is 0.734. The normalized spacial score (nSPS) is 57.2. The first kappa shape index (κ1) is 12.7. The third kappa shape index (κ3) is 1.70. The van der Waals surface area contributed by atoms with Gasteiger partial charge in [0.2, 0.25) is 0 Å². The summed E-state index contributed by atoms with van der Waals surface area (Å²) in [5, 5.41) is 0. The van der Waals surface area contributed by atoms with Crippen molar-refractivity contribution < 1.29 is 0 Å². The van der Waals surface area contributed by atoms with Gasteiger partial charge >= 0.3 is 0 Å². The standard InChI is InChI=1S/C19H32/c1-18-11-5-8-16(18)17-10-9-14-6-3-4-7-15(14)19(17,2)13-12-18/h14-17H,3-13H2,1-2H3/t14?,15?,16?,17?,18-,19+/m0/s1. The number of rotatable bonds is 0. The van der Waals surface area contributed by atoms with Gasteiger partial charge in [0.05, 0.1) is 0 Å². The summed E-state index contributed by atoms with van der Waals surface area (Å²) < 4.78 is 0. The molecular formula is C19H32. The zero-order valence-electron chi connectivity index (χ0n) is 13.1. The van der Waals surface area contributed by atoms with Gasteiger partial charge in [-0.1, -0.05) is 39.5 Å². The molecule has 4 aliphatic rings. The van der Waals surface area contributed by atoms with Gasteiger partial charge in [-0.05, 0) is 79.4 Å². The lowest BCUT2D eigenvalue weighted by Gasteiger charge is -2.61. The molecule has 6 atom stereocenters. The van der Waals surface area contributed by atoms with E-state index in [0.29, 0.717) is 0 Å². The van der Waals surface area contributed by atoms with Gasteiger partial charge < -0.3 is 0 Å². The van der Waals surface area contributed by atoms with Crippen molar-refractivity contribution in [3.63, 3.8) is 0 Å². The molecule has 108 valence electrons. The van der Waals surface area contributed by atoms with E-state index >= 15 is 0 Å². The Morgan fingerprint density at radius 3 is 2.32 bits per heavy atom. The maximum Gasteiger partial charge on any atom is -0.0264 e. The summed E-state index contributed by atoms with van der Waals surface area (Å²) in [6.07, 6.45) is 17.1. The molecule has 19 heavy (non-hydrogen) atoms. The first-order chi connectivity index (χ1) is 9.13. The molecule has 0 aromatic heterocycles. The van der Waals surface area contributed by atoms with Crippen LogP contribution >= 0.6 is 0 Å². The van der Waals surface area contributed by atoms with Gasteiger partial charge in [-0.2, -0.15) is 0 Å². The summed E-state index contributed by atoms with van der Waals surface area (Å²) >= 11 is 0. The first-order valence-electron chi connectivity index (χ1n) is 9.13. The molecule has 0 aliphatic heterocycles. The second kappa shape index (κ2) is 4.25. The molecule has 0 heterocycles. The summed E-state index contributed by atoms with van der Waals surface area (Å²) in [5.41, 5.74) is 1.48. The number of hydrogen-bond acceptors (Lipinski definition) is 0. The fraction of sp³-hybridized carbons (Fsp3) is 1.00. The zero-order chi connectivity index (χ0) is 13.1. The van der Waals surface area contributed by atoms with E-state index in [1.54, 1.807) is 51.4 Å². The monoisotopic (exact) mass is 260 g/mol. The maximum atomic E-state index is 2.72. The van der Waals surface area contributed by atoms with Crippen LogP contribution in [0, 0.1) is 34.5 Å². The van der Waals surface area contributed by atoms with Crippen LogP contribution in [0.1, 0.15) is 84.5 Å². The van der Waals surface area contributed by atoms with Crippen LogP contribution in [0.15, 0.2) is 0 Å². The second-order valence-corrected chi connectivity index (χ2v) is 8.99. The highest BCUT2D eigenvalue weighted by Gasteiger charge is 2.58. The number of hydrogen-bond donors (Lipinski definition) is 0. The lowest BCUT2D eigenvalue weighted by molar-refractivity contribution is -0.115. The Kier molecular flexibility index (Phi) is 2.84. The van der Waals surface area contributed by atoms with E-state index in [4.69, 9.17) is 0 Å². The van der Waals surface area contributed by atoms with E-state index < -0.39 is 0 Å². The highest BCUT2D eigenvalue weighted by Crippen LogP contribution is 2.67. The smallest absolute Gasteiger partial charge is 0.0264 e. The van der Waals surface area contributed by atoms with Crippen LogP contribution in [-0.4, -0.2) is 0 Å². The molecule has 4 rings (SSSR count). The van der Waals surface area contributed by atoms with Gasteiger partial charge in [0.25, 0.3) is 0 Å². The second-order valence-electron chi connectivity index (χ2n) is 8.99. The first-order valence-corrected chi connectivity index (χ1v) is 9.13. The Hall–Kier alpha value is 0. The topological polar surface area (TPSA) is 0 Å². The molecule has 4 aliphatic carbocycles.